The van der Waals surface area contributed by atoms with Crippen molar-refractivity contribution in [2.45, 2.75) is 26.4 Å². The third kappa shape index (κ3) is 4.24. The van der Waals surface area contributed by atoms with Gasteiger partial charge in [-0.2, -0.15) is 0 Å². The summed E-state index contributed by atoms with van der Waals surface area (Å²) in [7, 11) is 0. The van der Waals surface area contributed by atoms with Crippen LogP contribution in [-0.2, 0) is 4.74 Å². The monoisotopic (exact) mass is 329 g/mol. The number of esters is 1. The molecule has 1 aromatic heterocycles. The van der Waals surface area contributed by atoms with Gasteiger partial charge >= 0.3 is 5.97 Å². The van der Waals surface area contributed by atoms with Gasteiger partial charge in [-0.15, -0.1) is 0 Å². The number of ether oxygens (including phenoxy) is 1. The van der Waals surface area contributed by atoms with Crippen LogP contribution < -0.4 is 0 Å². The lowest BCUT2D eigenvalue weighted by molar-refractivity contribution is 0.00718. The predicted molar refractivity (Wildman–Crippen MR) is 99.3 cm³/mol. The summed E-state index contributed by atoms with van der Waals surface area (Å²) in [5, 5.41) is 0.766. The van der Waals surface area contributed by atoms with E-state index in [1.165, 1.54) is 0 Å². The van der Waals surface area contributed by atoms with Gasteiger partial charge in [0.1, 0.15) is 11.3 Å². The smallest absolute Gasteiger partial charge is 0.339 e. The van der Waals surface area contributed by atoms with Crippen LogP contribution in [0.2, 0.25) is 0 Å². The zero-order valence-electron chi connectivity index (χ0n) is 14.5. The Balaban J connectivity index is 1.95. The van der Waals surface area contributed by atoms with Crippen molar-refractivity contribution in [2.24, 2.45) is 0 Å². The number of carbonyl (C=O) groups excluding carboxylic acids is 1. The Bertz CT molecular complexity index is 974. The molecular weight excluding hydrogens is 310 g/mol. The summed E-state index contributed by atoms with van der Waals surface area (Å²) >= 11 is 0. The molecule has 124 valence electrons. The highest BCUT2D eigenvalue weighted by atomic mass is 16.6. The van der Waals surface area contributed by atoms with E-state index in [0.29, 0.717) is 11.3 Å². The number of hydrogen-bond donors (Lipinski definition) is 0. The number of carbonyl (C=O) groups is 1. The molecule has 3 heteroatoms. The highest BCUT2D eigenvalue weighted by Gasteiger charge is 2.19. The summed E-state index contributed by atoms with van der Waals surface area (Å²) in [6, 6.07) is 18.9. The van der Waals surface area contributed by atoms with Gasteiger partial charge in [0.05, 0.1) is 11.1 Å². The van der Waals surface area contributed by atoms with E-state index in [0.717, 1.165) is 16.5 Å². The van der Waals surface area contributed by atoms with Gasteiger partial charge in [-0.3, -0.25) is 0 Å². The molecule has 0 aliphatic rings. The van der Waals surface area contributed by atoms with E-state index in [1.54, 1.807) is 6.07 Å². The molecule has 3 nitrogen and oxygen atoms in total. The van der Waals surface area contributed by atoms with Gasteiger partial charge in [-0.05, 0) is 63.1 Å². The van der Waals surface area contributed by atoms with Gasteiger partial charge in [0.25, 0.3) is 0 Å². The number of benzene rings is 2. The topological polar surface area (TPSA) is 39.2 Å². The van der Waals surface area contributed by atoms with Crippen LogP contribution in [0.5, 0.6) is 0 Å². The van der Waals surface area contributed by atoms with Gasteiger partial charge in [0.15, 0.2) is 0 Å². The summed E-state index contributed by atoms with van der Waals surface area (Å²) in [5.41, 5.74) is 2.31. The Morgan fingerprint density at radius 3 is 2.40 bits per heavy atom. The normalized spacial score (nSPS) is 10.8. The molecule has 0 aliphatic heterocycles. The van der Waals surface area contributed by atoms with E-state index in [1.807, 2.05) is 75.4 Å². The molecule has 0 radical (unpaired) electrons. The van der Waals surface area contributed by atoms with E-state index >= 15 is 0 Å². The summed E-state index contributed by atoms with van der Waals surface area (Å²) in [4.78, 5) is 16.9. The number of fused-ring (bicyclic) bond motifs is 1. The van der Waals surface area contributed by atoms with Crippen molar-refractivity contribution in [3.8, 4) is 11.8 Å². The van der Waals surface area contributed by atoms with Crippen molar-refractivity contribution in [1.29, 1.82) is 0 Å². The zero-order valence-corrected chi connectivity index (χ0v) is 14.5. The number of pyridine rings is 1. The maximum absolute atomic E-state index is 12.4. The largest absolute Gasteiger partial charge is 0.456 e. The van der Waals surface area contributed by atoms with Crippen molar-refractivity contribution < 1.29 is 9.53 Å². The van der Waals surface area contributed by atoms with Gasteiger partial charge in [0, 0.05) is 10.9 Å². The molecule has 1 heterocycles. The minimum atomic E-state index is -0.534. The summed E-state index contributed by atoms with van der Waals surface area (Å²) < 4.78 is 5.47. The highest BCUT2D eigenvalue weighted by molar-refractivity contribution is 6.03. The Labute approximate surface area is 147 Å². The Hall–Kier alpha value is -3.12. The summed E-state index contributed by atoms with van der Waals surface area (Å²) in [6.07, 6.45) is 0. The van der Waals surface area contributed by atoms with Crippen molar-refractivity contribution in [1.82, 2.24) is 4.98 Å². The third-order valence-corrected chi connectivity index (χ3v) is 3.46. The summed E-state index contributed by atoms with van der Waals surface area (Å²) in [6.45, 7) is 5.56. The van der Waals surface area contributed by atoms with E-state index in [4.69, 9.17) is 4.74 Å². The van der Waals surface area contributed by atoms with Gasteiger partial charge < -0.3 is 4.74 Å². The van der Waals surface area contributed by atoms with Crippen LogP contribution in [0.1, 0.15) is 42.4 Å². The number of aromatic nitrogens is 1. The molecule has 0 saturated heterocycles. The Morgan fingerprint density at radius 1 is 0.920 bits per heavy atom. The second-order valence-corrected chi connectivity index (χ2v) is 6.69. The van der Waals surface area contributed by atoms with Crippen LogP contribution >= 0.6 is 0 Å². The van der Waals surface area contributed by atoms with Crippen LogP contribution in [0.3, 0.4) is 0 Å². The molecule has 0 atom stereocenters. The fourth-order valence-electron chi connectivity index (χ4n) is 2.39. The van der Waals surface area contributed by atoms with Gasteiger partial charge in [-0.25, -0.2) is 9.78 Å². The van der Waals surface area contributed by atoms with Crippen LogP contribution in [0, 0.1) is 11.8 Å². The van der Waals surface area contributed by atoms with E-state index in [2.05, 4.69) is 16.8 Å². The molecule has 2 aromatic carbocycles. The van der Waals surface area contributed by atoms with E-state index in [-0.39, 0.29) is 5.97 Å². The lowest BCUT2D eigenvalue weighted by Crippen LogP contribution is -2.24. The SMILES string of the molecule is CC(C)(C)OC(=O)c1cccc2nc(C#Cc3ccccc3)ccc12. The maximum atomic E-state index is 12.4. The average Bonchev–Trinajstić information content (AvgIpc) is 2.58. The molecule has 0 aliphatic carbocycles. The first-order valence-corrected chi connectivity index (χ1v) is 8.12. The van der Waals surface area contributed by atoms with Crippen LogP contribution in [0.15, 0.2) is 60.7 Å². The predicted octanol–water partition coefficient (Wildman–Crippen LogP) is 4.59. The third-order valence-electron chi connectivity index (χ3n) is 3.46. The first-order chi connectivity index (χ1) is 11.9. The maximum Gasteiger partial charge on any atom is 0.339 e. The van der Waals surface area contributed by atoms with Crippen LogP contribution in [-0.4, -0.2) is 16.6 Å². The first-order valence-electron chi connectivity index (χ1n) is 8.12. The Morgan fingerprint density at radius 2 is 1.68 bits per heavy atom. The van der Waals surface area contributed by atoms with Crippen LogP contribution in [0.4, 0.5) is 0 Å². The van der Waals surface area contributed by atoms with Gasteiger partial charge in [-0.1, -0.05) is 30.2 Å². The molecule has 0 amide bonds. The fourth-order valence-corrected chi connectivity index (χ4v) is 2.39. The van der Waals surface area contributed by atoms with Crippen molar-refractivity contribution in [2.75, 3.05) is 0 Å². The average molecular weight is 329 g/mol. The molecule has 25 heavy (non-hydrogen) atoms. The lowest BCUT2D eigenvalue weighted by Gasteiger charge is -2.20. The molecule has 0 bridgehead atoms. The molecule has 0 spiro atoms. The molecule has 0 fully saturated rings. The molecule has 0 N–H and O–H groups in total. The molecule has 0 unspecified atom stereocenters. The molecular formula is C22H19NO2. The van der Waals surface area contributed by atoms with E-state index in [9.17, 15) is 4.79 Å². The number of rotatable bonds is 1. The summed E-state index contributed by atoms with van der Waals surface area (Å²) in [5.74, 6) is 5.81. The number of hydrogen-bond acceptors (Lipinski definition) is 3. The van der Waals surface area contributed by atoms with E-state index < -0.39 is 5.60 Å². The van der Waals surface area contributed by atoms with Crippen molar-refractivity contribution in [3.63, 3.8) is 0 Å². The second kappa shape index (κ2) is 6.78. The van der Waals surface area contributed by atoms with Crippen molar-refractivity contribution >= 4 is 16.9 Å². The minimum absolute atomic E-state index is 0.344. The van der Waals surface area contributed by atoms with Crippen LogP contribution in [0.25, 0.3) is 10.9 Å². The van der Waals surface area contributed by atoms with Gasteiger partial charge in [0.2, 0.25) is 0 Å². The minimum Gasteiger partial charge on any atom is -0.456 e. The second-order valence-electron chi connectivity index (χ2n) is 6.69. The quantitative estimate of drug-likeness (QED) is 0.484. The highest BCUT2D eigenvalue weighted by Crippen LogP contribution is 2.21. The zero-order chi connectivity index (χ0) is 17.9. The number of nitrogens with zero attached hydrogens (tertiary/aromatic N) is 1. The Kier molecular flexibility index (Phi) is 4.54. The molecule has 3 rings (SSSR count). The first kappa shape index (κ1) is 16.7. The fraction of sp³-hybridized carbons (Fsp3) is 0.182. The molecule has 3 aromatic rings. The standard InChI is InChI=1S/C22H19NO2/c1-22(2,3)25-21(24)19-10-7-11-20-18(19)15-14-17(23-20)13-12-16-8-5-4-6-9-16/h4-11,14-15H,1-3H3. The molecule has 0 saturated carbocycles. The lowest BCUT2D eigenvalue weighted by atomic mass is 10.1. The van der Waals surface area contributed by atoms with Crippen molar-refractivity contribution in [3.05, 3.63) is 77.5 Å².